The number of hydrogen-bond acceptors (Lipinski definition) is 5. The van der Waals surface area contributed by atoms with Crippen molar-refractivity contribution in [3.05, 3.63) is 97.4 Å². The van der Waals surface area contributed by atoms with Gasteiger partial charge in [0.1, 0.15) is 11.9 Å². The third kappa shape index (κ3) is 4.65. The first-order valence-electron chi connectivity index (χ1n) is 11.8. The largest absolute Gasteiger partial charge is 0.612 e. The lowest BCUT2D eigenvalue weighted by molar-refractivity contribution is 0.470. The molecule has 6 nitrogen and oxygen atoms in total. The standard InChI is InChI=1S/C27H20BrCl3N4O2S/c1-38(36)24-22(25-32-33-26(37-25)27(12-13-27)16-4-8-18(29)9-5-16)34-35(21-11-10-19(30)14-20(21)31)23(24)15-2-6-17(28)7-3-15/h2,4-11,14-15H,3,12-13H2,1H3. The van der Waals surface area contributed by atoms with E-state index in [0.717, 1.165) is 28.6 Å². The number of benzene rings is 2. The molecule has 2 atom stereocenters. The summed E-state index contributed by atoms with van der Waals surface area (Å²) in [6, 6.07) is 12.9. The van der Waals surface area contributed by atoms with Crippen LogP contribution in [-0.4, -0.2) is 30.8 Å². The molecule has 0 N–H and O–H groups in total. The van der Waals surface area contributed by atoms with Gasteiger partial charge in [-0.2, -0.15) is 5.10 Å². The Kier molecular flexibility index (Phi) is 6.99. The van der Waals surface area contributed by atoms with Gasteiger partial charge in [-0.1, -0.05) is 81.1 Å². The Hall–Kier alpha value is -2.07. The zero-order chi connectivity index (χ0) is 26.6. The van der Waals surface area contributed by atoms with Crippen molar-refractivity contribution < 1.29 is 8.97 Å². The average molecular weight is 651 g/mol. The molecule has 2 aromatic heterocycles. The van der Waals surface area contributed by atoms with Crippen LogP contribution in [0, 0.1) is 0 Å². The zero-order valence-corrected chi connectivity index (χ0v) is 24.7. The second-order valence-electron chi connectivity index (χ2n) is 9.32. The Balaban J connectivity index is 1.50. The van der Waals surface area contributed by atoms with Crippen molar-refractivity contribution in [1.82, 2.24) is 20.0 Å². The topological polar surface area (TPSA) is 79.8 Å². The molecule has 194 valence electrons. The molecule has 2 aliphatic rings. The summed E-state index contributed by atoms with van der Waals surface area (Å²) in [5, 5.41) is 15.3. The normalized spacial score (nSPS) is 18.9. The van der Waals surface area contributed by atoms with Gasteiger partial charge in [-0.25, -0.2) is 4.68 Å². The lowest BCUT2D eigenvalue weighted by Crippen LogP contribution is -2.12. The van der Waals surface area contributed by atoms with Gasteiger partial charge in [-0.15, -0.1) is 10.2 Å². The van der Waals surface area contributed by atoms with Gasteiger partial charge in [0.2, 0.25) is 16.5 Å². The first-order chi connectivity index (χ1) is 18.3. The van der Waals surface area contributed by atoms with E-state index in [1.807, 2.05) is 30.3 Å². The van der Waals surface area contributed by atoms with Gasteiger partial charge in [-0.3, -0.25) is 0 Å². The maximum atomic E-state index is 13.3. The van der Waals surface area contributed by atoms with Crippen molar-refractivity contribution in [3.63, 3.8) is 0 Å². The predicted molar refractivity (Wildman–Crippen MR) is 154 cm³/mol. The van der Waals surface area contributed by atoms with E-state index in [2.05, 4.69) is 38.3 Å². The molecule has 0 saturated heterocycles. The van der Waals surface area contributed by atoms with Crippen molar-refractivity contribution in [2.75, 3.05) is 6.26 Å². The second-order valence-corrected chi connectivity index (χ2v) is 12.8. The quantitative estimate of drug-likeness (QED) is 0.198. The van der Waals surface area contributed by atoms with Crippen LogP contribution in [0.25, 0.3) is 17.3 Å². The van der Waals surface area contributed by atoms with Gasteiger partial charge in [0.05, 0.1) is 16.1 Å². The minimum absolute atomic E-state index is 0.102. The summed E-state index contributed by atoms with van der Waals surface area (Å²) in [4.78, 5) is 0.531. The number of hydrogen-bond donors (Lipinski definition) is 0. The van der Waals surface area contributed by atoms with Crippen LogP contribution in [0.3, 0.4) is 0 Å². The molecule has 1 fully saturated rings. The summed E-state index contributed by atoms with van der Waals surface area (Å²) in [6.45, 7) is 0. The highest BCUT2D eigenvalue weighted by Gasteiger charge is 2.51. The van der Waals surface area contributed by atoms with E-state index in [0.29, 0.717) is 43.7 Å². The number of rotatable bonds is 6. The molecular formula is C27H20BrCl3N4O2S. The Bertz CT molecular complexity index is 1590. The lowest BCUT2D eigenvalue weighted by atomic mass is 9.96. The molecule has 0 radical (unpaired) electrons. The van der Waals surface area contributed by atoms with E-state index in [9.17, 15) is 4.55 Å². The van der Waals surface area contributed by atoms with E-state index in [1.54, 1.807) is 29.1 Å². The fourth-order valence-electron chi connectivity index (χ4n) is 4.83. The van der Waals surface area contributed by atoms with Crippen molar-refractivity contribution >= 4 is 61.9 Å². The lowest BCUT2D eigenvalue weighted by Gasteiger charge is -2.18. The molecule has 11 heteroatoms. The summed E-state index contributed by atoms with van der Waals surface area (Å²) in [6.07, 6.45) is 10.2. The SMILES string of the molecule is C[S+]([O-])c1c(-c2nnc(C3(c4ccc(Cl)cc4)CC3)o2)nn(-c2ccc(Cl)cc2Cl)c1C1C=CC(Br)=CC1. The van der Waals surface area contributed by atoms with E-state index in [4.69, 9.17) is 44.3 Å². The molecule has 0 spiro atoms. The van der Waals surface area contributed by atoms with Crippen LogP contribution in [0.2, 0.25) is 15.1 Å². The molecule has 2 unspecified atom stereocenters. The van der Waals surface area contributed by atoms with Gasteiger partial charge in [0.15, 0.2) is 0 Å². The summed E-state index contributed by atoms with van der Waals surface area (Å²) in [5.74, 6) is 0.620. The Morgan fingerprint density at radius 2 is 1.82 bits per heavy atom. The number of aromatic nitrogens is 4. The number of allylic oxidation sites excluding steroid dienone is 4. The van der Waals surface area contributed by atoms with Gasteiger partial charge in [-0.05, 0) is 66.3 Å². The maximum absolute atomic E-state index is 13.3. The molecule has 1 saturated carbocycles. The monoisotopic (exact) mass is 648 g/mol. The fourth-order valence-corrected chi connectivity index (χ4v) is 6.72. The number of nitrogens with zero attached hydrogens (tertiary/aromatic N) is 4. The molecule has 2 aliphatic carbocycles. The van der Waals surface area contributed by atoms with Gasteiger partial charge in [0, 0.05) is 20.4 Å². The molecule has 2 aromatic carbocycles. The second kappa shape index (κ2) is 10.2. The molecular weight excluding hydrogens is 631 g/mol. The van der Waals surface area contributed by atoms with Crippen molar-refractivity contribution in [1.29, 1.82) is 0 Å². The Labute approximate surface area is 246 Å². The van der Waals surface area contributed by atoms with Crippen molar-refractivity contribution in [2.24, 2.45) is 0 Å². The van der Waals surface area contributed by atoms with Crippen LogP contribution in [0.1, 0.15) is 42.3 Å². The molecule has 0 aliphatic heterocycles. The Morgan fingerprint density at radius 1 is 1.08 bits per heavy atom. The van der Waals surface area contributed by atoms with Crippen LogP contribution in [0.4, 0.5) is 0 Å². The van der Waals surface area contributed by atoms with Crippen LogP contribution >= 0.6 is 50.7 Å². The third-order valence-electron chi connectivity index (χ3n) is 6.89. The molecule has 4 aromatic rings. The van der Waals surface area contributed by atoms with E-state index in [-0.39, 0.29) is 17.2 Å². The van der Waals surface area contributed by atoms with Crippen LogP contribution in [-0.2, 0) is 16.6 Å². The van der Waals surface area contributed by atoms with Crippen molar-refractivity contribution in [3.8, 4) is 17.3 Å². The van der Waals surface area contributed by atoms with Gasteiger partial charge < -0.3 is 8.97 Å². The Morgan fingerprint density at radius 3 is 2.45 bits per heavy atom. The molecule has 38 heavy (non-hydrogen) atoms. The van der Waals surface area contributed by atoms with Crippen LogP contribution in [0.5, 0.6) is 0 Å². The highest BCUT2D eigenvalue weighted by Crippen LogP contribution is 2.53. The maximum Gasteiger partial charge on any atom is 0.273 e. The summed E-state index contributed by atoms with van der Waals surface area (Å²) < 4.78 is 22.3. The number of halogens is 4. The highest BCUT2D eigenvalue weighted by molar-refractivity contribution is 9.11. The smallest absolute Gasteiger partial charge is 0.273 e. The molecule has 0 amide bonds. The predicted octanol–water partition coefficient (Wildman–Crippen LogP) is 8.02. The van der Waals surface area contributed by atoms with E-state index in [1.165, 1.54) is 0 Å². The fraction of sp³-hybridized carbons (Fsp3) is 0.222. The third-order valence-corrected chi connectivity index (χ3v) is 9.25. The average Bonchev–Trinajstić information content (AvgIpc) is 3.37. The summed E-state index contributed by atoms with van der Waals surface area (Å²) in [5.41, 5.74) is 2.46. The molecule has 6 rings (SSSR count). The molecule has 0 bridgehead atoms. The zero-order valence-electron chi connectivity index (χ0n) is 20.0. The first kappa shape index (κ1) is 26.2. The minimum Gasteiger partial charge on any atom is -0.612 e. The van der Waals surface area contributed by atoms with Gasteiger partial charge in [0.25, 0.3) is 5.89 Å². The van der Waals surface area contributed by atoms with Crippen molar-refractivity contribution in [2.45, 2.75) is 35.5 Å². The highest BCUT2D eigenvalue weighted by atomic mass is 79.9. The van der Waals surface area contributed by atoms with E-state index >= 15 is 0 Å². The minimum atomic E-state index is -1.42. The summed E-state index contributed by atoms with van der Waals surface area (Å²) >= 11 is 21.0. The van der Waals surface area contributed by atoms with Crippen LogP contribution < -0.4 is 0 Å². The van der Waals surface area contributed by atoms with E-state index < -0.39 is 11.2 Å². The van der Waals surface area contributed by atoms with Crippen LogP contribution in [0.15, 0.2) is 74.5 Å². The van der Waals surface area contributed by atoms with Gasteiger partial charge >= 0.3 is 0 Å². The first-order valence-corrected chi connectivity index (χ1v) is 15.3. The summed E-state index contributed by atoms with van der Waals surface area (Å²) in [7, 11) is 0. The molecule has 2 heterocycles.